The molecular weight excluding hydrogens is 232 g/mol. The van der Waals surface area contributed by atoms with Crippen LogP contribution in [0.4, 0.5) is 0 Å². The first-order valence-electron chi connectivity index (χ1n) is 5.61. The van der Waals surface area contributed by atoms with Gasteiger partial charge in [-0.2, -0.15) is 0 Å². The highest BCUT2D eigenvalue weighted by Crippen LogP contribution is 2.26. The van der Waals surface area contributed by atoms with E-state index in [9.17, 15) is 5.11 Å². The Morgan fingerprint density at radius 1 is 1.24 bits per heavy atom. The van der Waals surface area contributed by atoms with Gasteiger partial charge in [-0.15, -0.1) is 5.10 Å². The SMILES string of the molecule is Cc1cccc(C)c1CC(O)c1snnc1C. The molecule has 1 aromatic heterocycles. The Bertz CT molecular complexity index is 502. The van der Waals surface area contributed by atoms with E-state index in [0.29, 0.717) is 6.42 Å². The molecule has 0 aliphatic heterocycles. The van der Waals surface area contributed by atoms with E-state index in [4.69, 9.17) is 0 Å². The molecule has 1 heterocycles. The van der Waals surface area contributed by atoms with E-state index >= 15 is 0 Å². The quantitative estimate of drug-likeness (QED) is 0.908. The molecule has 1 aromatic carbocycles. The molecule has 0 fully saturated rings. The van der Waals surface area contributed by atoms with Crippen LogP contribution in [0.25, 0.3) is 0 Å². The number of aryl methyl sites for hydroxylation is 3. The second-order valence-corrected chi connectivity index (χ2v) is 5.10. The third kappa shape index (κ3) is 2.53. The van der Waals surface area contributed by atoms with E-state index in [1.165, 1.54) is 28.2 Å². The summed E-state index contributed by atoms with van der Waals surface area (Å²) in [5, 5.41) is 14.2. The molecule has 0 amide bonds. The Kier molecular flexibility index (Phi) is 3.54. The average molecular weight is 248 g/mol. The van der Waals surface area contributed by atoms with Crippen LogP contribution in [-0.2, 0) is 6.42 Å². The van der Waals surface area contributed by atoms with Crippen LogP contribution >= 0.6 is 11.5 Å². The normalized spacial score (nSPS) is 12.7. The van der Waals surface area contributed by atoms with Crippen LogP contribution in [0.1, 0.15) is 33.4 Å². The molecule has 1 atom stereocenters. The monoisotopic (exact) mass is 248 g/mol. The second-order valence-electron chi connectivity index (χ2n) is 4.31. The first-order chi connectivity index (χ1) is 8.09. The molecule has 0 bridgehead atoms. The lowest BCUT2D eigenvalue weighted by atomic mass is 9.97. The van der Waals surface area contributed by atoms with Crippen LogP contribution in [0.5, 0.6) is 0 Å². The van der Waals surface area contributed by atoms with E-state index < -0.39 is 6.10 Å². The number of aliphatic hydroxyl groups excluding tert-OH is 1. The Morgan fingerprint density at radius 2 is 1.88 bits per heavy atom. The lowest BCUT2D eigenvalue weighted by Crippen LogP contribution is -2.04. The molecule has 2 aromatic rings. The fourth-order valence-electron chi connectivity index (χ4n) is 2.00. The standard InChI is InChI=1S/C13H16N2OS/c1-8-5-4-6-9(2)11(8)7-12(16)13-10(3)14-15-17-13/h4-6,12,16H,7H2,1-3H3. The van der Waals surface area contributed by atoms with Gasteiger partial charge in [0.15, 0.2) is 0 Å². The van der Waals surface area contributed by atoms with Gasteiger partial charge in [0, 0.05) is 6.42 Å². The van der Waals surface area contributed by atoms with Crippen LogP contribution in [0, 0.1) is 20.8 Å². The van der Waals surface area contributed by atoms with Gasteiger partial charge >= 0.3 is 0 Å². The van der Waals surface area contributed by atoms with E-state index in [1.54, 1.807) is 0 Å². The molecule has 0 saturated carbocycles. The maximum Gasteiger partial charge on any atom is 0.0957 e. The smallest absolute Gasteiger partial charge is 0.0957 e. The Labute approximate surface area is 105 Å². The summed E-state index contributed by atoms with van der Waals surface area (Å²) in [5.41, 5.74) is 4.49. The number of hydrogen-bond acceptors (Lipinski definition) is 4. The topological polar surface area (TPSA) is 46.0 Å². The summed E-state index contributed by atoms with van der Waals surface area (Å²) in [4.78, 5) is 0.868. The van der Waals surface area contributed by atoms with Crippen molar-refractivity contribution in [3.8, 4) is 0 Å². The molecule has 17 heavy (non-hydrogen) atoms. The third-order valence-corrected chi connectivity index (χ3v) is 3.96. The highest BCUT2D eigenvalue weighted by Gasteiger charge is 2.16. The maximum atomic E-state index is 10.2. The summed E-state index contributed by atoms with van der Waals surface area (Å²) in [5.74, 6) is 0. The van der Waals surface area contributed by atoms with Crippen molar-refractivity contribution in [3.05, 3.63) is 45.5 Å². The van der Waals surface area contributed by atoms with Crippen LogP contribution in [0.2, 0.25) is 0 Å². The first kappa shape index (κ1) is 12.2. The van der Waals surface area contributed by atoms with Crippen molar-refractivity contribution < 1.29 is 5.11 Å². The number of benzene rings is 1. The van der Waals surface area contributed by atoms with E-state index in [0.717, 1.165) is 10.6 Å². The Morgan fingerprint density at radius 3 is 2.41 bits per heavy atom. The number of nitrogens with zero attached hydrogens (tertiary/aromatic N) is 2. The molecule has 1 N–H and O–H groups in total. The summed E-state index contributed by atoms with van der Waals surface area (Å²) >= 11 is 1.28. The predicted octanol–water partition coefficient (Wildman–Crippen LogP) is 2.74. The van der Waals surface area contributed by atoms with Crippen LogP contribution in [0.3, 0.4) is 0 Å². The second kappa shape index (κ2) is 4.94. The lowest BCUT2D eigenvalue weighted by molar-refractivity contribution is 0.181. The van der Waals surface area contributed by atoms with Gasteiger partial charge in [0.1, 0.15) is 0 Å². The maximum absolute atomic E-state index is 10.2. The molecule has 0 aliphatic rings. The van der Waals surface area contributed by atoms with E-state index in [1.807, 2.05) is 13.0 Å². The van der Waals surface area contributed by atoms with Crippen molar-refractivity contribution in [3.63, 3.8) is 0 Å². The number of aliphatic hydroxyl groups is 1. The van der Waals surface area contributed by atoms with Crippen molar-refractivity contribution in [2.75, 3.05) is 0 Å². The molecule has 0 spiro atoms. The van der Waals surface area contributed by atoms with Crippen molar-refractivity contribution in [1.29, 1.82) is 0 Å². The van der Waals surface area contributed by atoms with Gasteiger partial charge in [-0.1, -0.05) is 22.7 Å². The lowest BCUT2D eigenvalue weighted by Gasteiger charge is -2.13. The van der Waals surface area contributed by atoms with Gasteiger partial charge in [0.25, 0.3) is 0 Å². The highest BCUT2D eigenvalue weighted by molar-refractivity contribution is 7.05. The zero-order chi connectivity index (χ0) is 12.4. The molecule has 3 nitrogen and oxygen atoms in total. The first-order valence-corrected chi connectivity index (χ1v) is 6.39. The minimum absolute atomic E-state index is 0.505. The van der Waals surface area contributed by atoms with Crippen molar-refractivity contribution in [1.82, 2.24) is 9.59 Å². The zero-order valence-electron chi connectivity index (χ0n) is 10.3. The highest BCUT2D eigenvalue weighted by atomic mass is 32.1. The third-order valence-electron chi connectivity index (χ3n) is 3.03. The predicted molar refractivity (Wildman–Crippen MR) is 69.2 cm³/mol. The van der Waals surface area contributed by atoms with Crippen molar-refractivity contribution in [2.24, 2.45) is 0 Å². The molecule has 4 heteroatoms. The summed E-state index contributed by atoms with van der Waals surface area (Å²) in [6, 6.07) is 6.19. The molecule has 0 aliphatic carbocycles. The largest absolute Gasteiger partial charge is 0.387 e. The number of hydrogen-bond donors (Lipinski definition) is 1. The molecule has 0 radical (unpaired) electrons. The minimum atomic E-state index is -0.505. The fourth-order valence-corrected chi connectivity index (χ4v) is 2.63. The zero-order valence-corrected chi connectivity index (χ0v) is 11.1. The fraction of sp³-hybridized carbons (Fsp3) is 0.385. The summed E-state index contributed by atoms with van der Waals surface area (Å²) in [6.07, 6.45) is 0.123. The van der Waals surface area contributed by atoms with Crippen LogP contribution < -0.4 is 0 Å². The van der Waals surface area contributed by atoms with Gasteiger partial charge in [-0.3, -0.25) is 0 Å². The van der Waals surface area contributed by atoms with Crippen molar-refractivity contribution >= 4 is 11.5 Å². The van der Waals surface area contributed by atoms with Gasteiger partial charge in [-0.05, 0) is 49.0 Å². The number of rotatable bonds is 3. The van der Waals surface area contributed by atoms with E-state index in [-0.39, 0.29) is 0 Å². The summed E-state index contributed by atoms with van der Waals surface area (Å²) in [6.45, 7) is 6.03. The van der Waals surface area contributed by atoms with Gasteiger partial charge in [-0.25, -0.2) is 0 Å². The minimum Gasteiger partial charge on any atom is -0.387 e. The molecular formula is C13H16N2OS. The molecule has 0 saturated heterocycles. The molecule has 2 rings (SSSR count). The van der Waals surface area contributed by atoms with Crippen LogP contribution in [-0.4, -0.2) is 14.7 Å². The Balaban J connectivity index is 2.25. The summed E-state index contributed by atoms with van der Waals surface area (Å²) in [7, 11) is 0. The summed E-state index contributed by atoms with van der Waals surface area (Å²) < 4.78 is 3.86. The average Bonchev–Trinajstić information content (AvgIpc) is 2.70. The Hall–Kier alpha value is -1.26. The molecule has 1 unspecified atom stereocenters. The van der Waals surface area contributed by atoms with Crippen molar-refractivity contribution in [2.45, 2.75) is 33.3 Å². The van der Waals surface area contributed by atoms with E-state index in [2.05, 4.69) is 35.6 Å². The number of aromatic nitrogens is 2. The molecule has 90 valence electrons. The van der Waals surface area contributed by atoms with Gasteiger partial charge < -0.3 is 5.11 Å². The van der Waals surface area contributed by atoms with Gasteiger partial charge in [0.2, 0.25) is 0 Å². The van der Waals surface area contributed by atoms with Gasteiger partial charge in [0.05, 0.1) is 16.7 Å². The van der Waals surface area contributed by atoms with Crippen LogP contribution in [0.15, 0.2) is 18.2 Å².